The first-order chi connectivity index (χ1) is 3.63. The molecular weight excluding hydrogens is 151 g/mol. The summed E-state index contributed by atoms with van der Waals surface area (Å²) >= 11 is 0. The molecule has 0 atom stereocenters. The van der Waals surface area contributed by atoms with Crippen molar-refractivity contribution in [2.45, 2.75) is 0 Å². The van der Waals surface area contributed by atoms with Crippen LogP contribution in [0.1, 0.15) is 0 Å². The van der Waals surface area contributed by atoms with E-state index >= 15 is 0 Å². The van der Waals surface area contributed by atoms with Crippen LogP contribution in [0, 0.1) is 0 Å². The predicted molar refractivity (Wildman–Crippen MR) is 22.6 cm³/mol. The Morgan fingerprint density at radius 3 is 2.11 bits per heavy atom. The van der Waals surface area contributed by atoms with Gasteiger partial charge in [-0.25, -0.2) is 0 Å². The van der Waals surface area contributed by atoms with Crippen molar-refractivity contribution in [2.75, 3.05) is 6.54 Å². The standard InChI is InChI=1S/C3H6N2O3.K/c4-2(6)1-5-3(7)8;/h5H,1H2,(H2,4,6)(H,7,8);/q;+1/p-1. The Kier molecular flexibility index (Phi) is 8.73. The van der Waals surface area contributed by atoms with E-state index in [4.69, 9.17) is 0 Å². The Labute approximate surface area is 94.4 Å². The third-order valence-electron chi connectivity index (χ3n) is 0.407. The number of hydrogen-bond acceptors (Lipinski definition) is 3. The van der Waals surface area contributed by atoms with Gasteiger partial charge < -0.3 is 21.0 Å². The van der Waals surface area contributed by atoms with Gasteiger partial charge in [-0.2, -0.15) is 0 Å². The molecule has 0 aliphatic carbocycles. The summed E-state index contributed by atoms with van der Waals surface area (Å²) < 4.78 is 0. The van der Waals surface area contributed by atoms with E-state index < -0.39 is 12.0 Å². The molecule has 0 heterocycles. The summed E-state index contributed by atoms with van der Waals surface area (Å²) in [7, 11) is 0. The third-order valence-corrected chi connectivity index (χ3v) is 0.407. The zero-order valence-electron chi connectivity index (χ0n) is 5.01. The molecule has 0 aromatic carbocycles. The van der Waals surface area contributed by atoms with E-state index in [0.717, 1.165) is 0 Å². The molecule has 0 rings (SSSR count). The summed E-state index contributed by atoms with van der Waals surface area (Å²) in [4.78, 5) is 19.2. The van der Waals surface area contributed by atoms with Crippen molar-refractivity contribution in [3.05, 3.63) is 0 Å². The van der Waals surface area contributed by atoms with E-state index in [0.29, 0.717) is 0 Å². The molecule has 0 saturated carbocycles. The van der Waals surface area contributed by atoms with E-state index in [-0.39, 0.29) is 57.9 Å². The summed E-state index contributed by atoms with van der Waals surface area (Å²) in [6.07, 6.45) is -1.50. The molecule has 0 radical (unpaired) electrons. The minimum Gasteiger partial charge on any atom is -0.530 e. The fourth-order valence-corrected chi connectivity index (χ4v) is 0.159. The molecule has 3 N–H and O–H groups in total. The number of rotatable bonds is 2. The Balaban J connectivity index is 0. The predicted octanol–water partition coefficient (Wildman–Crippen LogP) is -5.59. The molecule has 2 amide bonds. The molecular formula is C3H5KN2O3. The van der Waals surface area contributed by atoms with E-state index in [1.54, 1.807) is 5.32 Å². The number of hydrogen-bond donors (Lipinski definition) is 2. The Morgan fingerprint density at radius 1 is 1.56 bits per heavy atom. The summed E-state index contributed by atoms with van der Waals surface area (Å²) in [6.45, 7) is -0.387. The van der Waals surface area contributed by atoms with E-state index in [2.05, 4.69) is 5.73 Å². The van der Waals surface area contributed by atoms with Crippen molar-refractivity contribution in [1.82, 2.24) is 5.32 Å². The zero-order valence-corrected chi connectivity index (χ0v) is 8.13. The van der Waals surface area contributed by atoms with Gasteiger partial charge in [0.05, 0.1) is 6.54 Å². The van der Waals surface area contributed by atoms with Gasteiger partial charge in [-0.05, 0) is 0 Å². The quantitative estimate of drug-likeness (QED) is 0.390. The fraction of sp³-hybridized carbons (Fsp3) is 0.333. The van der Waals surface area contributed by atoms with Crippen LogP contribution in [0.15, 0.2) is 0 Å². The number of carboxylic acid groups (broad SMARTS) is 1. The maximum Gasteiger partial charge on any atom is 1.00 e. The van der Waals surface area contributed by atoms with Crippen molar-refractivity contribution in [3.8, 4) is 0 Å². The number of amides is 2. The summed E-state index contributed by atoms with van der Waals surface area (Å²) in [5.74, 6) is -0.728. The molecule has 0 aromatic rings. The molecule has 46 valence electrons. The molecule has 0 bridgehead atoms. The van der Waals surface area contributed by atoms with Crippen LogP contribution in [0.4, 0.5) is 4.79 Å². The molecule has 0 aliphatic heterocycles. The van der Waals surface area contributed by atoms with Crippen LogP contribution in [-0.4, -0.2) is 18.5 Å². The van der Waals surface area contributed by atoms with Crippen LogP contribution in [0.2, 0.25) is 0 Å². The average Bonchev–Trinajstić information content (AvgIpc) is 1.61. The van der Waals surface area contributed by atoms with Crippen LogP contribution >= 0.6 is 0 Å². The van der Waals surface area contributed by atoms with Gasteiger partial charge in [-0.3, -0.25) is 4.79 Å². The molecule has 5 nitrogen and oxygen atoms in total. The van der Waals surface area contributed by atoms with Gasteiger partial charge in [-0.1, -0.05) is 0 Å². The first-order valence-electron chi connectivity index (χ1n) is 1.86. The molecule has 0 aliphatic rings. The normalized spacial score (nSPS) is 7.11. The van der Waals surface area contributed by atoms with Crippen molar-refractivity contribution < 1.29 is 66.1 Å². The van der Waals surface area contributed by atoms with Gasteiger partial charge in [0.2, 0.25) is 5.91 Å². The van der Waals surface area contributed by atoms with Gasteiger partial charge in [0.1, 0.15) is 6.09 Å². The molecule has 9 heavy (non-hydrogen) atoms. The maximum absolute atomic E-state index is 9.77. The molecule has 0 spiro atoms. The van der Waals surface area contributed by atoms with Crippen molar-refractivity contribution >= 4 is 12.0 Å². The Morgan fingerprint density at radius 2 is 2.00 bits per heavy atom. The maximum atomic E-state index is 9.77. The Hall–Kier alpha value is 0.376. The second-order valence-corrected chi connectivity index (χ2v) is 1.11. The molecule has 0 fully saturated rings. The van der Waals surface area contributed by atoms with Gasteiger partial charge in [0.15, 0.2) is 0 Å². The summed E-state index contributed by atoms with van der Waals surface area (Å²) in [5, 5.41) is 11.1. The first-order valence-corrected chi connectivity index (χ1v) is 1.86. The topological polar surface area (TPSA) is 95.2 Å². The summed E-state index contributed by atoms with van der Waals surface area (Å²) in [6, 6.07) is 0. The van der Waals surface area contributed by atoms with E-state index in [1.165, 1.54) is 0 Å². The second kappa shape index (κ2) is 6.50. The van der Waals surface area contributed by atoms with Crippen molar-refractivity contribution in [3.63, 3.8) is 0 Å². The van der Waals surface area contributed by atoms with Crippen LogP contribution in [-0.2, 0) is 4.79 Å². The Bertz CT molecular complexity index is 102. The van der Waals surface area contributed by atoms with E-state index in [1.807, 2.05) is 0 Å². The van der Waals surface area contributed by atoms with Gasteiger partial charge >= 0.3 is 51.4 Å². The minimum absolute atomic E-state index is 0. The second-order valence-electron chi connectivity index (χ2n) is 1.11. The van der Waals surface area contributed by atoms with Crippen LogP contribution in [0.25, 0.3) is 0 Å². The minimum atomic E-state index is -1.50. The van der Waals surface area contributed by atoms with Gasteiger partial charge in [0, 0.05) is 0 Å². The van der Waals surface area contributed by atoms with Crippen LogP contribution in [0.5, 0.6) is 0 Å². The van der Waals surface area contributed by atoms with Crippen molar-refractivity contribution in [1.29, 1.82) is 0 Å². The number of primary amides is 1. The summed E-state index contributed by atoms with van der Waals surface area (Å²) in [5.41, 5.74) is 4.55. The average molecular weight is 156 g/mol. The number of carbonyl (C=O) groups excluding carboxylic acids is 2. The van der Waals surface area contributed by atoms with Crippen LogP contribution < -0.4 is 67.5 Å². The van der Waals surface area contributed by atoms with Crippen molar-refractivity contribution in [2.24, 2.45) is 5.73 Å². The number of nitrogens with one attached hydrogen (secondary N) is 1. The van der Waals surface area contributed by atoms with Gasteiger partial charge in [0.25, 0.3) is 0 Å². The monoisotopic (exact) mass is 156 g/mol. The molecule has 0 saturated heterocycles. The fourth-order valence-electron chi connectivity index (χ4n) is 0.159. The number of nitrogens with two attached hydrogens (primary N) is 1. The molecule has 0 unspecified atom stereocenters. The zero-order chi connectivity index (χ0) is 6.57. The molecule has 6 heteroatoms. The van der Waals surface area contributed by atoms with E-state index in [9.17, 15) is 14.7 Å². The van der Waals surface area contributed by atoms with Gasteiger partial charge in [-0.15, -0.1) is 0 Å². The van der Waals surface area contributed by atoms with Crippen LogP contribution in [0.3, 0.4) is 0 Å². The largest absolute Gasteiger partial charge is 1.00 e. The third kappa shape index (κ3) is 11.8. The SMILES string of the molecule is NC(=O)CNC(=O)[O-].[K+]. The molecule has 0 aromatic heterocycles. The smallest absolute Gasteiger partial charge is 0.530 e. The first kappa shape index (κ1) is 12.1. The number of carbonyl (C=O) groups is 2.